The van der Waals surface area contributed by atoms with Crippen molar-refractivity contribution in [3.05, 3.63) is 0 Å². The molecule has 0 aliphatic carbocycles. The summed E-state index contributed by atoms with van der Waals surface area (Å²) in [5.41, 5.74) is 4.94. The largest absolute Gasteiger partial charge is 0.393 e. The molecule has 0 spiro atoms. The van der Waals surface area contributed by atoms with Crippen LogP contribution in [0.15, 0.2) is 0 Å². The van der Waals surface area contributed by atoms with Gasteiger partial charge in [-0.1, -0.05) is 19.1 Å². The summed E-state index contributed by atoms with van der Waals surface area (Å²) in [7, 11) is 0. The molecular weight excluding hydrogens is 236 g/mol. The van der Waals surface area contributed by atoms with Crippen LogP contribution in [0.3, 0.4) is 0 Å². The van der Waals surface area contributed by atoms with Crippen LogP contribution in [0.1, 0.15) is 33.6 Å². The van der Waals surface area contributed by atoms with Crippen molar-refractivity contribution in [2.45, 2.75) is 39.2 Å². The molecule has 0 aromatic heterocycles. The minimum atomic E-state index is -0.647. The normalized spacial score (nSPS) is 25.6. The van der Waals surface area contributed by atoms with E-state index in [2.05, 4.69) is 0 Å². The van der Waals surface area contributed by atoms with Gasteiger partial charge in [-0.25, -0.2) is 0 Å². The van der Waals surface area contributed by atoms with Crippen LogP contribution in [-0.4, -0.2) is 41.1 Å². The number of amides is 1. The fourth-order valence-corrected chi connectivity index (χ4v) is 2.13. The third-order valence-electron chi connectivity index (χ3n) is 3.32. The highest BCUT2D eigenvalue weighted by molar-refractivity contribution is 7.80. The van der Waals surface area contributed by atoms with Crippen molar-refractivity contribution >= 4 is 23.1 Å². The van der Waals surface area contributed by atoms with Gasteiger partial charge in [-0.05, 0) is 26.7 Å². The molecule has 1 aliphatic heterocycles. The molecule has 1 heterocycles. The second-order valence-corrected chi connectivity index (χ2v) is 5.30. The van der Waals surface area contributed by atoms with E-state index in [0.29, 0.717) is 24.7 Å². The summed E-state index contributed by atoms with van der Waals surface area (Å²) in [6, 6.07) is 0. The summed E-state index contributed by atoms with van der Waals surface area (Å²) in [5.74, 6) is 0.0968. The lowest BCUT2D eigenvalue weighted by Crippen LogP contribution is -2.49. The fourth-order valence-electron chi connectivity index (χ4n) is 2.06. The maximum atomic E-state index is 12.4. The van der Waals surface area contributed by atoms with Crippen LogP contribution in [0.4, 0.5) is 0 Å². The molecule has 1 amide bonds. The Morgan fingerprint density at radius 1 is 1.65 bits per heavy atom. The number of hydrogen-bond acceptors (Lipinski definition) is 3. The van der Waals surface area contributed by atoms with Crippen molar-refractivity contribution in [3.63, 3.8) is 0 Å². The van der Waals surface area contributed by atoms with Crippen LogP contribution in [0, 0.1) is 5.92 Å². The van der Waals surface area contributed by atoms with Crippen molar-refractivity contribution < 1.29 is 9.53 Å². The SMILES string of the molecule is CCN(CC(C)C(N)=S)C(=O)C1(C)CCCO1. The number of thiocarbonyl (C=S) groups is 1. The Morgan fingerprint density at radius 3 is 2.71 bits per heavy atom. The van der Waals surface area contributed by atoms with Crippen LogP contribution in [0.25, 0.3) is 0 Å². The highest BCUT2D eigenvalue weighted by Gasteiger charge is 2.40. The predicted octanol–water partition coefficient (Wildman–Crippen LogP) is 1.33. The van der Waals surface area contributed by atoms with Crippen LogP contribution in [-0.2, 0) is 9.53 Å². The van der Waals surface area contributed by atoms with Gasteiger partial charge in [0.2, 0.25) is 0 Å². The standard InChI is InChI=1S/C12H22N2O2S/c1-4-14(8-9(2)10(13)17)11(15)12(3)6-5-7-16-12/h9H,4-8H2,1-3H3,(H2,13,17). The van der Waals surface area contributed by atoms with E-state index in [-0.39, 0.29) is 11.8 Å². The van der Waals surface area contributed by atoms with Gasteiger partial charge in [0.25, 0.3) is 5.91 Å². The lowest BCUT2D eigenvalue weighted by atomic mass is 10.00. The summed E-state index contributed by atoms with van der Waals surface area (Å²) in [4.78, 5) is 14.6. The van der Waals surface area contributed by atoms with Gasteiger partial charge in [-0.15, -0.1) is 0 Å². The van der Waals surface area contributed by atoms with E-state index >= 15 is 0 Å². The fraction of sp³-hybridized carbons (Fsp3) is 0.833. The number of carbonyl (C=O) groups is 1. The first-order valence-corrected chi connectivity index (χ1v) is 6.54. The first kappa shape index (κ1) is 14.4. The Labute approximate surface area is 108 Å². The summed E-state index contributed by atoms with van der Waals surface area (Å²) >= 11 is 4.94. The van der Waals surface area contributed by atoms with Gasteiger partial charge in [-0.3, -0.25) is 4.79 Å². The highest BCUT2D eigenvalue weighted by atomic mass is 32.1. The molecule has 0 saturated carbocycles. The Bertz CT molecular complexity index is 301. The monoisotopic (exact) mass is 258 g/mol. The molecule has 2 atom stereocenters. The van der Waals surface area contributed by atoms with Crippen LogP contribution in [0.5, 0.6) is 0 Å². The van der Waals surface area contributed by atoms with Crippen LogP contribution >= 0.6 is 12.2 Å². The number of hydrogen-bond donors (Lipinski definition) is 1. The molecule has 2 N–H and O–H groups in total. The Balaban J connectivity index is 2.67. The highest BCUT2D eigenvalue weighted by Crippen LogP contribution is 2.27. The third-order valence-corrected chi connectivity index (χ3v) is 3.72. The molecule has 4 nitrogen and oxygen atoms in total. The third kappa shape index (κ3) is 3.39. The molecule has 0 bridgehead atoms. The summed E-state index contributed by atoms with van der Waals surface area (Å²) < 4.78 is 5.57. The van der Waals surface area contributed by atoms with Gasteiger partial charge in [0.05, 0.1) is 4.99 Å². The van der Waals surface area contributed by atoms with Crippen molar-refractivity contribution in [1.29, 1.82) is 0 Å². The van der Waals surface area contributed by atoms with Crippen molar-refractivity contribution in [2.75, 3.05) is 19.7 Å². The minimum Gasteiger partial charge on any atom is -0.393 e. The quantitative estimate of drug-likeness (QED) is 0.756. The van der Waals surface area contributed by atoms with E-state index in [9.17, 15) is 4.79 Å². The zero-order valence-electron chi connectivity index (χ0n) is 10.9. The number of nitrogens with two attached hydrogens (primary N) is 1. The molecule has 5 heteroatoms. The van der Waals surface area contributed by atoms with Crippen molar-refractivity contribution in [1.82, 2.24) is 4.90 Å². The van der Waals surface area contributed by atoms with Gasteiger partial charge in [0.15, 0.2) is 0 Å². The molecule has 0 aromatic carbocycles. The van der Waals surface area contributed by atoms with E-state index < -0.39 is 5.60 Å². The van der Waals surface area contributed by atoms with E-state index in [1.165, 1.54) is 0 Å². The molecule has 2 unspecified atom stereocenters. The molecule has 0 aromatic rings. The van der Waals surface area contributed by atoms with Gasteiger partial charge in [-0.2, -0.15) is 0 Å². The van der Waals surface area contributed by atoms with E-state index in [1.54, 1.807) is 4.90 Å². The second-order valence-electron chi connectivity index (χ2n) is 4.83. The molecule has 1 fully saturated rings. The maximum Gasteiger partial charge on any atom is 0.254 e. The Morgan fingerprint density at radius 2 is 2.29 bits per heavy atom. The molecule has 1 aliphatic rings. The second kappa shape index (κ2) is 5.78. The maximum absolute atomic E-state index is 12.4. The van der Waals surface area contributed by atoms with E-state index in [1.807, 2.05) is 20.8 Å². The van der Waals surface area contributed by atoms with Crippen molar-refractivity contribution in [2.24, 2.45) is 11.7 Å². The van der Waals surface area contributed by atoms with Gasteiger partial charge < -0.3 is 15.4 Å². The number of ether oxygens (including phenoxy) is 1. The van der Waals surface area contributed by atoms with Gasteiger partial charge >= 0.3 is 0 Å². The van der Waals surface area contributed by atoms with Gasteiger partial charge in [0, 0.05) is 25.6 Å². The average molecular weight is 258 g/mol. The van der Waals surface area contributed by atoms with E-state index in [4.69, 9.17) is 22.7 Å². The molecule has 0 radical (unpaired) electrons. The lowest BCUT2D eigenvalue weighted by molar-refractivity contribution is -0.151. The minimum absolute atomic E-state index is 0.0407. The molecule has 1 saturated heterocycles. The lowest BCUT2D eigenvalue weighted by Gasteiger charge is -2.31. The van der Waals surface area contributed by atoms with Gasteiger partial charge in [0.1, 0.15) is 5.60 Å². The molecule has 1 rings (SSSR count). The van der Waals surface area contributed by atoms with Crippen molar-refractivity contribution in [3.8, 4) is 0 Å². The molecule has 17 heavy (non-hydrogen) atoms. The molecular formula is C12H22N2O2S. The van der Waals surface area contributed by atoms with E-state index in [0.717, 1.165) is 12.8 Å². The number of nitrogens with zero attached hydrogens (tertiary/aromatic N) is 1. The summed E-state index contributed by atoms with van der Waals surface area (Å²) in [5, 5.41) is 0. The number of carbonyl (C=O) groups excluding carboxylic acids is 1. The Hall–Kier alpha value is -0.680. The van der Waals surface area contributed by atoms with Crippen LogP contribution in [0.2, 0.25) is 0 Å². The first-order valence-electron chi connectivity index (χ1n) is 6.13. The van der Waals surface area contributed by atoms with Crippen LogP contribution < -0.4 is 5.73 Å². The average Bonchev–Trinajstić information content (AvgIpc) is 2.72. The zero-order chi connectivity index (χ0) is 13.1. The first-order chi connectivity index (χ1) is 7.90. The number of likely N-dealkylation sites (N-methyl/N-ethyl adjacent to an activating group) is 1. The molecule has 98 valence electrons. The Kier molecular flexibility index (Phi) is 4.89. The zero-order valence-corrected chi connectivity index (χ0v) is 11.7. The predicted molar refractivity (Wildman–Crippen MR) is 71.8 cm³/mol. The topological polar surface area (TPSA) is 55.6 Å². The number of rotatable bonds is 5. The summed E-state index contributed by atoms with van der Waals surface area (Å²) in [6.45, 7) is 7.67. The smallest absolute Gasteiger partial charge is 0.254 e. The summed E-state index contributed by atoms with van der Waals surface area (Å²) in [6.07, 6.45) is 1.74.